The highest BCUT2D eigenvalue weighted by Crippen LogP contribution is 2.04. The van der Waals surface area contributed by atoms with E-state index in [1.807, 2.05) is 0 Å². The SMILES string of the molecule is CCC(=O)O.CCCCCCCC(=O)O.O=C(O)c1ccccc1. The molecule has 0 unspecified atom stereocenters. The second-order valence-corrected chi connectivity index (χ2v) is 4.98. The van der Waals surface area contributed by atoms with Gasteiger partial charge in [-0.25, -0.2) is 4.79 Å². The highest BCUT2D eigenvalue weighted by molar-refractivity contribution is 5.87. The number of rotatable bonds is 8. The molecular weight excluding hydrogens is 312 g/mol. The smallest absolute Gasteiger partial charge is 0.335 e. The van der Waals surface area contributed by atoms with Gasteiger partial charge in [0, 0.05) is 12.8 Å². The van der Waals surface area contributed by atoms with Crippen molar-refractivity contribution in [3.05, 3.63) is 35.9 Å². The zero-order valence-corrected chi connectivity index (χ0v) is 14.4. The third-order valence-electron chi connectivity index (χ3n) is 2.82. The first-order chi connectivity index (χ1) is 11.3. The van der Waals surface area contributed by atoms with E-state index in [4.69, 9.17) is 15.3 Å². The average Bonchev–Trinajstić information content (AvgIpc) is 2.56. The van der Waals surface area contributed by atoms with E-state index in [0.717, 1.165) is 12.8 Å². The van der Waals surface area contributed by atoms with Crippen LogP contribution >= 0.6 is 0 Å². The fourth-order valence-electron chi connectivity index (χ4n) is 1.46. The summed E-state index contributed by atoms with van der Waals surface area (Å²) in [7, 11) is 0. The lowest BCUT2D eigenvalue weighted by Crippen LogP contribution is -1.93. The van der Waals surface area contributed by atoms with Gasteiger partial charge in [-0.15, -0.1) is 0 Å². The Morgan fingerprint density at radius 3 is 1.62 bits per heavy atom. The van der Waals surface area contributed by atoms with Gasteiger partial charge in [-0.1, -0.05) is 57.7 Å². The zero-order chi connectivity index (χ0) is 18.8. The molecule has 0 aliphatic carbocycles. The van der Waals surface area contributed by atoms with Gasteiger partial charge in [-0.05, 0) is 18.6 Å². The maximum Gasteiger partial charge on any atom is 0.335 e. The van der Waals surface area contributed by atoms with Gasteiger partial charge in [0.15, 0.2) is 0 Å². The molecule has 0 radical (unpaired) electrons. The number of hydrogen-bond donors (Lipinski definition) is 3. The molecule has 0 bridgehead atoms. The molecule has 0 fully saturated rings. The summed E-state index contributed by atoms with van der Waals surface area (Å²) in [4.78, 5) is 29.6. The van der Waals surface area contributed by atoms with E-state index >= 15 is 0 Å². The van der Waals surface area contributed by atoms with Gasteiger partial charge in [0.05, 0.1) is 5.56 Å². The fraction of sp³-hybridized carbons (Fsp3) is 0.500. The Morgan fingerprint density at radius 2 is 1.29 bits per heavy atom. The van der Waals surface area contributed by atoms with Crippen molar-refractivity contribution in [3.8, 4) is 0 Å². The molecule has 0 saturated carbocycles. The van der Waals surface area contributed by atoms with Gasteiger partial charge < -0.3 is 15.3 Å². The van der Waals surface area contributed by atoms with E-state index in [9.17, 15) is 14.4 Å². The lowest BCUT2D eigenvalue weighted by Gasteiger charge is -1.95. The molecule has 0 aliphatic heterocycles. The topological polar surface area (TPSA) is 112 Å². The Kier molecular flexibility index (Phi) is 16.9. The molecule has 0 aromatic heterocycles. The number of hydrogen-bond acceptors (Lipinski definition) is 3. The maximum absolute atomic E-state index is 10.2. The van der Waals surface area contributed by atoms with Crippen LogP contribution in [-0.2, 0) is 9.59 Å². The van der Waals surface area contributed by atoms with Crippen LogP contribution in [0.1, 0.15) is 69.2 Å². The van der Waals surface area contributed by atoms with Crippen molar-refractivity contribution in [2.45, 2.75) is 58.8 Å². The van der Waals surface area contributed by atoms with Crippen molar-refractivity contribution >= 4 is 17.9 Å². The number of carboxylic acid groups (broad SMARTS) is 3. The Labute approximate surface area is 143 Å². The van der Waals surface area contributed by atoms with Gasteiger partial charge >= 0.3 is 17.9 Å². The summed E-state index contributed by atoms with van der Waals surface area (Å²) in [5, 5.41) is 24.4. The first-order valence-corrected chi connectivity index (χ1v) is 8.07. The molecule has 1 aromatic carbocycles. The largest absolute Gasteiger partial charge is 0.481 e. The van der Waals surface area contributed by atoms with Crippen LogP contribution in [-0.4, -0.2) is 33.2 Å². The summed E-state index contributed by atoms with van der Waals surface area (Å²) in [6, 6.07) is 8.30. The van der Waals surface area contributed by atoms with Gasteiger partial charge in [-0.2, -0.15) is 0 Å². The van der Waals surface area contributed by atoms with E-state index in [1.165, 1.54) is 19.3 Å². The molecule has 1 aromatic rings. The summed E-state index contributed by atoms with van der Waals surface area (Å²) in [5.41, 5.74) is 0.331. The predicted molar refractivity (Wildman–Crippen MR) is 92.3 cm³/mol. The standard InChI is InChI=1S/C8H16O2.C7H6O2.C3H6O2/c1-2-3-4-5-6-7-8(9)10;8-7(9)6-4-2-1-3-5-6;1-2-3(4)5/h2-7H2,1H3,(H,9,10);1-5H,(H,8,9);2H2,1H3,(H,4,5). The summed E-state index contributed by atoms with van der Waals surface area (Å²) in [6.07, 6.45) is 6.11. The second-order valence-electron chi connectivity index (χ2n) is 4.98. The Morgan fingerprint density at radius 1 is 0.792 bits per heavy atom. The molecule has 0 spiro atoms. The molecular formula is C18H28O6. The van der Waals surface area contributed by atoms with E-state index in [1.54, 1.807) is 37.3 Å². The predicted octanol–water partition coefficient (Wildman–Crippen LogP) is 4.30. The van der Waals surface area contributed by atoms with Crippen LogP contribution in [0.4, 0.5) is 0 Å². The molecule has 0 heterocycles. The summed E-state index contributed by atoms with van der Waals surface area (Å²) in [5.74, 6) is -2.29. The van der Waals surface area contributed by atoms with Crippen LogP contribution in [0.5, 0.6) is 0 Å². The van der Waals surface area contributed by atoms with Crippen LogP contribution in [0.25, 0.3) is 0 Å². The molecule has 24 heavy (non-hydrogen) atoms. The number of aromatic carboxylic acids is 1. The molecule has 0 saturated heterocycles. The normalized spacial score (nSPS) is 8.92. The minimum atomic E-state index is -0.879. The number of benzene rings is 1. The van der Waals surface area contributed by atoms with E-state index < -0.39 is 17.9 Å². The van der Waals surface area contributed by atoms with Crippen LogP contribution in [0.3, 0.4) is 0 Å². The maximum atomic E-state index is 10.2. The molecule has 3 N–H and O–H groups in total. The van der Waals surface area contributed by atoms with Crippen molar-refractivity contribution in [2.75, 3.05) is 0 Å². The first kappa shape index (κ1) is 23.9. The number of aliphatic carboxylic acids is 2. The van der Waals surface area contributed by atoms with Crippen molar-refractivity contribution in [1.82, 2.24) is 0 Å². The fourth-order valence-corrected chi connectivity index (χ4v) is 1.46. The highest BCUT2D eigenvalue weighted by atomic mass is 16.4. The van der Waals surface area contributed by atoms with Crippen molar-refractivity contribution in [3.63, 3.8) is 0 Å². The van der Waals surface area contributed by atoms with Crippen molar-refractivity contribution < 1.29 is 29.7 Å². The molecule has 6 nitrogen and oxygen atoms in total. The quantitative estimate of drug-likeness (QED) is 0.608. The Balaban J connectivity index is 0. The van der Waals surface area contributed by atoms with Crippen LogP contribution in [0, 0.1) is 0 Å². The number of carboxylic acids is 3. The van der Waals surface area contributed by atoms with E-state index in [2.05, 4.69) is 6.92 Å². The third-order valence-corrected chi connectivity index (χ3v) is 2.82. The van der Waals surface area contributed by atoms with Gasteiger partial charge in [0.2, 0.25) is 0 Å². The van der Waals surface area contributed by atoms with Crippen molar-refractivity contribution in [2.24, 2.45) is 0 Å². The molecule has 6 heteroatoms. The number of carbonyl (C=O) groups is 3. The van der Waals surface area contributed by atoms with Crippen LogP contribution in [0.2, 0.25) is 0 Å². The van der Waals surface area contributed by atoms with Gasteiger partial charge in [-0.3, -0.25) is 9.59 Å². The minimum absolute atomic E-state index is 0.222. The lowest BCUT2D eigenvalue weighted by molar-refractivity contribution is -0.137. The van der Waals surface area contributed by atoms with Gasteiger partial charge in [0.25, 0.3) is 0 Å². The molecule has 1 rings (SSSR count). The van der Waals surface area contributed by atoms with E-state index in [0.29, 0.717) is 12.0 Å². The molecule has 0 atom stereocenters. The lowest BCUT2D eigenvalue weighted by atomic mass is 10.1. The average molecular weight is 340 g/mol. The monoisotopic (exact) mass is 340 g/mol. The summed E-state index contributed by atoms with van der Waals surface area (Å²) >= 11 is 0. The van der Waals surface area contributed by atoms with Gasteiger partial charge in [0.1, 0.15) is 0 Å². The Hall–Kier alpha value is -2.37. The zero-order valence-electron chi connectivity index (χ0n) is 14.4. The first-order valence-electron chi connectivity index (χ1n) is 8.07. The van der Waals surface area contributed by atoms with E-state index in [-0.39, 0.29) is 6.42 Å². The van der Waals surface area contributed by atoms with Crippen LogP contribution in [0.15, 0.2) is 30.3 Å². The minimum Gasteiger partial charge on any atom is -0.481 e. The number of unbranched alkanes of at least 4 members (excludes halogenated alkanes) is 4. The van der Waals surface area contributed by atoms with Crippen molar-refractivity contribution in [1.29, 1.82) is 0 Å². The summed E-state index contributed by atoms with van der Waals surface area (Å²) in [6.45, 7) is 3.75. The summed E-state index contributed by atoms with van der Waals surface area (Å²) < 4.78 is 0. The highest BCUT2D eigenvalue weighted by Gasteiger charge is 1.96. The molecule has 136 valence electrons. The third kappa shape index (κ3) is 19.6. The van der Waals surface area contributed by atoms with Crippen LogP contribution < -0.4 is 0 Å². The molecule has 0 aliphatic rings. The Bertz CT molecular complexity index is 456. The second kappa shape index (κ2) is 17.0. The molecule has 0 amide bonds.